The van der Waals surface area contributed by atoms with Crippen molar-refractivity contribution in [1.29, 1.82) is 0 Å². The smallest absolute Gasteiger partial charge is 0.343 e. The SMILES string of the molecule is CCCCCCCCOc1ccc(OC(=O)c2ccc(C(=O)Oc3ccc(OCC)cc3)cc2)cc1. The van der Waals surface area contributed by atoms with Crippen LogP contribution in [0.5, 0.6) is 23.0 Å². The van der Waals surface area contributed by atoms with Crippen LogP contribution in [0.4, 0.5) is 0 Å². The molecule has 0 radical (unpaired) electrons. The van der Waals surface area contributed by atoms with E-state index >= 15 is 0 Å². The molecule has 0 amide bonds. The third-order valence-electron chi connectivity index (χ3n) is 5.50. The molecule has 0 saturated heterocycles. The quantitative estimate of drug-likeness (QED) is 0.134. The predicted molar refractivity (Wildman–Crippen MR) is 139 cm³/mol. The molecule has 3 rings (SSSR count). The van der Waals surface area contributed by atoms with Crippen molar-refractivity contribution < 1.29 is 28.5 Å². The molecule has 3 aromatic rings. The van der Waals surface area contributed by atoms with Crippen molar-refractivity contribution in [2.75, 3.05) is 13.2 Å². The molecule has 6 heteroatoms. The third kappa shape index (κ3) is 8.77. The maximum Gasteiger partial charge on any atom is 0.343 e. The summed E-state index contributed by atoms with van der Waals surface area (Å²) in [5.41, 5.74) is 0.656. The van der Waals surface area contributed by atoms with Gasteiger partial charge in [0.05, 0.1) is 24.3 Å². The molecule has 0 bridgehead atoms. The number of unbranched alkanes of at least 4 members (excludes halogenated alkanes) is 5. The van der Waals surface area contributed by atoms with Gasteiger partial charge in [0.2, 0.25) is 0 Å². The fourth-order valence-corrected chi connectivity index (χ4v) is 3.52. The van der Waals surface area contributed by atoms with E-state index in [1.54, 1.807) is 48.5 Å². The molecule has 0 atom stereocenters. The van der Waals surface area contributed by atoms with Crippen molar-refractivity contribution in [3.05, 3.63) is 83.9 Å². The Bertz CT molecular complexity index is 1070. The summed E-state index contributed by atoms with van der Waals surface area (Å²) in [6.45, 7) is 5.35. The van der Waals surface area contributed by atoms with Crippen LogP contribution in [0.2, 0.25) is 0 Å². The van der Waals surface area contributed by atoms with E-state index in [-0.39, 0.29) is 0 Å². The summed E-state index contributed by atoms with van der Waals surface area (Å²) in [7, 11) is 0. The second-order valence-electron chi connectivity index (χ2n) is 8.35. The van der Waals surface area contributed by atoms with Gasteiger partial charge in [-0.1, -0.05) is 39.0 Å². The molecule has 0 unspecified atom stereocenters. The Morgan fingerprint density at radius 3 is 1.42 bits per heavy atom. The molecule has 0 fully saturated rings. The summed E-state index contributed by atoms with van der Waals surface area (Å²) in [5.74, 6) is 1.25. The van der Waals surface area contributed by atoms with Crippen LogP contribution in [0.15, 0.2) is 72.8 Å². The highest BCUT2D eigenvalue weighted by Gasteiger charge is 2.13. The largest absolute Gasteiger partial charge is 0.494 e. The van der Waals surface area contributed by atoms with E-state index in [0.717, 1.165) is 12.2 Å². The van der Waals surface area contributed by atoms with Crippen molar-refractivity contribution in [3.63, 3.8) is 0 Å². The molecule has 0 aromatic heterocycles. The Balaban J connectivity index is 1.44. The van der Waals surface area contributed by atoms with Gasteiger partial charge in [0.25, 0.3) is 0 Å². The molecular weight excluding hydrogens is 456 g/mol. The molecule has 6 nitrogen and oxygen atoms in total. The number of ether oxygens (including phenoxy) is 4. The van der Waals surface area contributed by atoms with Crippen molar-refractivity contribution in [1.82, 2.24) is 0 Å². The molecule has 0 aliphatic heterocycles. The van der Waals surface area contributed by atoms with Crippen molar-refractivity contribution >= 4 is 11.9 Å². The minimum Gasteiger partial charge on any atom is -0.494 e. The van der Waals surface area contributed by atoms with Gasteiger partial charge in [0.1, 0.15) is 23.0 Å². The van der Waals surface area contributed by atoms with Crippen LogP contribution >= 0.6 is 0 Å². The van der Waals surface area contributed by atoms with Crippen LogP contribution < -0.4 is 18.9 Å². The van der Waals surface area contributed by atoms with E-state index in [0.29, 0.717) is 41.6 Å². The maximum absolute atomic E-state index is 12.5. The number of carbonyl (C=O) groups excluding carboxylic acids is 2. The van der Waals surface area contributed by atoms with Crippen LogP contribution in [-0.4, -0.2) is 25.2 Å². The van der Waals surface area contributed by atoms with Crippen molar-refractivity contribution in [2.45, 2.75) is 52.4 Å². The lowest BCUT2D eigenvalue weighted by Gasteiger charge is -2.09. The second kappa shape index (κ2) is 14.6. The molecule has 0 aliphatic carbocycles. The zero-order valence-electron chi connectivity index (χ0n) is 21.0. The van der Waals surface area contributed by atoms with Crippen molar-refractivity contribution in [3.8, 4) is 23.0 Å². The van der Waals surface area contributed by atoms with E-state index in [4.69, 9.17) is 18.9 Å². The number of hydrogen-bond donors (Lipinski definition) is 0. The first-order valence-corrected chi connectivity index (χ1v) is 12.6. The van der Waals surface area contributed by atoms with Gasteiger partial charge in [-0.3, -0.25) is 0 Å². The lowest BCUT2D eigenvalue weighted by Crippen LogP contribution is -2.11. The van der Waals surface area contributed by atoms with E-state index in [2.05, 4.69) is 6.92 Å². The number of benzene rings is 3. The Hall–Kier alpha value is -3.80. The van der Waals surface area contributed by atoms with Crippen molar-refractivity contribution in [2.24, 2.45) is 0 Å². The highest BCUT2D eigenvalue weighted by molar-refractivity contribution is 5.94. The molecule has 0 N–H and O–H groups in total. The maximum atomic E-state index is 12.5. The normalized spacial score (nSPS) is 10.5. The first kappa shape index (κ1) is 26.8. The van der Waals surface area contributed by atoms with E-state index in [1.807, 2.05) is 6.92 Å². The summed E-state index contributed by atoms with van der Waals surface area (Å²) >= 11 is 0. The summed E-state index contributed by atoms with van der Waals surface area (Å²) in [6, 6.07) is 19.9. The third-order valence-corrected chi connectivity index (χ3v) is 5.50. The number of rotatable bonds is 14. The van der Waals surface area contributed by atoms with Gasteiger partial charge in [-0.25, -0.2) is 9.59 Å². The Labute approximate surface area is 213 Å². The molecule has 0 saturated carbocycles. The standard InChI is InChI=1S/C30H34O6/c1-3-5-6-7-8-9-22-34-26-16-20-28(21-17-26)36-30(32)24-12-10-23(11-13-24)29(31)35-27-18-14-25(15-19-27)33-4-2/h10-21H,3-9,22H2,1-2H3. The van der Waals surface area contributed by atoms with Gasteiger partial charge in [-0.15, -0.1) is 0 Å². The number of carbonyl (C=O) groups is 2. The summed E-state index contributed by atoms with van der Waals surface area (Å²) in [6.07, 6.45) is 7.28. The topological polar surface area (TPSA) is 71.1 Å². The van der Waals surface area contributed by atoms with Crippen LogP contribution in [0.25, 0.3) is 0 Å². The first-order chi connectivity index (χ1) is 17.6. The lowest BCUT2D eigenvalue weighted by atomic mass is 10.1. The predicted octanol–water partition coefficient (Wildman–Crippen LogP) is 7.26. The zero-order valence-corrected chi connectivity index (χ0v) is 21.0. The minimum atomic E-state index is -0.518. The summed E-state index contributed by atoms with van der Waals surface area (Å²) in [4.78, 5) is 24.9. The Morgan fingerprint density at radius 2 is 0.944 bits per heavy atom. The van der Waals surface area contributed by atoms with Crippen LogP contribution in [0, 0.1) is 0 Å². The average molecular weight is 491 g/mol. The van der Waals surface area contributed by atoms with Crippen LogP contribution in [0.3, 0.4) is 0 Å². The van der Waals surface area contributed by atoms with Gasteiger partial charge < -0.3 is 18.9 Å². The fourth-order valence-electron chi connectivity index (χ4n) is 3.52. The van der Waals surface area contributed by atoms with Gasteiger partial charge in [0.15, 0.2) is 0 Å². The first-order valence-electron chi connectivity index (χ1n) is 12.6. The minimum absolute atomic E-state index is 0.326. The van der Waals surface area contributed by atoms with Gasteiger partial charge in [-0.2, -0.15) is 0 Å². The molecular formula is C30H34O6. The van der Waals surface area contributed by atoms with E-state index in [9.17, 15) is 9.59 Å². The second-order valence-corrected chi connectivity index (χ2v) is 8.35. The van der Waals surface area contributed by atoms with E-state index < -0.39 is 11.9 Å². The number of hydrogen-bond acceptors (Lipinski definition) is 6. The highest BCUT2D eigenvalue weighted by Crippen LogP contribution is 2.21. The lowest BCUT2D eigenvalue weighted by molar-refractivity contribution is 0.0720. The molecule has 0 aliphatic rings. The highest BCUT2D eigenvalue weighted by atomic mass is 16.5. The zero-order chi connectivity index (χ0) is 25.6. The molecule has 0 spiro atoms. The van der Waals surface area contributed by atoms with Gasteiger partial charge in [0, 0.05) is 0 Å². The van der Waals surface area contributed by atoms with Crippen LogP contribution in [-0.2, 0) is 0 Å². The molecule has 3 aromatic carbocycles. The Morgan fingerprint density at radius 1 is 0.528 bits per heavy atom. The van der Waals surface area contributed by atoms with Gasteiger partial charge in [-0.05, 0) is 86.1 Å². The molecule has 36 heavy (non-hydrogen) atoms. The monoisotopic (exact) mass is 490 g/mol. The number of esters is 2. The summed E-state index contributed by atoms with van der Waals surface area (Å²) in [5, 5.41) is 0. The summed E-state index contributed by atoms with van der Waals surface area (Å²) < 4.78 is 22.0. The average Bonchev–Trinajstić information content (AvgIpc) is 2.90. The van der Waals surface area contributed by atoms with Crippen LogP contribution in [0.1, 0.15) is 73.1 Å². The molecule has 190 valence electrons. The fraction of sp³-hybridized carbons (Fsp3) is 0.333. The van der Waals surface area contributed by atoms with E-state index in [1.165, 1.54) is 56.4 Å². The van der Waals surface area contributed by atoms with Gasteiger partial charge >= 0.3 is 11.9 Å². The Kier molecular flexibility index (Phi) is 10.8. The molecule has 0 heterocycles.